The Balaban J connectivity index is 2.18. The van der Waals surface area contributed by atoms with Crippen LogP contribution in [0.4, 0.5) is 0 Å². The summed E-state index contributed by atoms with van der Waals surface area (Å²) in [6.07, 6.45) is 0. The average Bonchev–Trinajstić information content (AvgIpc) is 2.65. The molecule has 8 heteroatoms. The first-order chi connectivity index (χ1) is 13.4. The van der Waals surface area contributed by atoms with E-state index in [0.29, 0.717) is 44.8 Å². The lowest BCUT2D eigenvalue weighted by molar-refractivity contribution is -0.118. The van der Waals surface area contributed by atoms with E-state index >= 15 is 0 Å². The Labute approximate surface area is 171 Å². The van der Waals surface area contributed by atoms with E-state index in [1.54, 1.807) is 29.9 Å². The number of methoxy groups -OCH3 is 1. The van der Waals surface area contributed by atoms with Gasteiger partial charge in [-0.3, -0.25) is 14.2 Å². The van der Waals surface area contributed by atoms with Crippen molar-refractivity contribution in [3.05, 3.63) is 57.3 Å². The number of carbonyl (C=O) groups excluding carboxylic acids is 1. The zero-order valence-corrected chi connectivity index (χ0v) is 17.4. The van der Waals surface area contributed by atoms with Gasteiger partial charge in [0.05, 0.1) is 23.7 Å². The van der Waals surface area contributed by atoms with Crippen LogP contribution in [0.1, 0.15) is 12.5 Å². The van der Waals surface area contributed by atoms with Crippen molar-refractivity contribution in [3.8, 4) is 11.4 Å². The summed E-state index contributed by atoms with van der Waals surface area (Å²) in [7, 11) is 1.57. The van der Waals surface area contributed by atoms with Crippen molar-refractivity contribution < 1.29 is 9.53 Å². The third-order valence-electron chi connectivity index (χ3n) is 4.08. The molecular formula is C20H20ClN3O3S. The quantitative estimate of drug-likeness (QED) is 0.377. The first-order valence-corrected chi connectivity index (χ1v) is 10.0. The second-order valence-corrected chi connectivity index (χ2v) is 7.70. The molecule has 0 aliphatic rings. The number of nitrogens with one attached hydrogen (secondary N) is 1. The maximum atomic E-state index is 13.3. The van der Waals surface area contributed by atoms with Crippen LogP contribution in [0.5, 0.6) is 5.75 Å². The van der Waals surface area contributed by atoms with Crippen molar-refractivity contribution in [2.75, 3.05) is 19.4 Å². The number of fused-ring (bicyclic) bond motifs is 1. The number of aromatic nitrogens is 2. The van der Waals surface area contributed by atoms with E-state index in [2.05, 4.69) is 10.3 Å². The zero-order valence-electron chi connectivity index (χ0n) is 15.8. The van der Waals surface area contributed by atoms with Crippen LogP contribution in [0.15, 0.2) is 46.3 Å². The molecule has 3 rings (SSSR count). The molecule has 0 saturated heterocycles. The second-order valence-electron chi connectivity index (χ2n) is 6.20. The molecule has 1 N–H and O–H groups in total. The standard InChI is InChI=1S/C20H20ClN3O3S/c1-12-4-7-18(27-3)17(10-12)24-19(26)15-6-5-14(21)11-16(15)23-20(24)28-9-8-22-13(2)25/h4-7,10-11H,8-9H2,1-3H3,(H,22,25). The predicted octanol–water partition coefficient (Wildman–Crippen LogP) is 3.58. The van der Waals surface area contributed by atoms with Gasteiger partial charge in [-0.05, 0) is 42.8 Å². The van der Waals surface area contributed by atoms with Crippen LogP contribution in [0.2, 0.25) is 5.02 Å². The molecule has 0 aliphatic carbocycles. The van der Waals surface area contributed by atoms with Gasteiger partial charge in [-0.25, -0.2) is 4.98 Å². The summed E-state index contributed by atoms with van der Waals surface area (Å²) >= 11 is 7.47. The van der Waals surface area contributed by atoms with E-state index < -0.39 is 0 Å². The Morgan fingerprint density at radius 3 is 2.79 bits per heavy atom. The molecule has 1 heterocycles. The highest BCUT2D eigenvalue weighted by Crippen LogP contribution is 2.28. The van der Waals surface area contributed by atoms with Crippen LogP contribution in [-0.2, 0) is 4.79 Å². The predicted molar refractivity (Wildman–Crippen MR) is 113 cm³/mol. The Hall–Kier alpha value is -2.51. The first-order valence-electron chi connectivity index (χ1n) is 8.65. The monoisotopic (exact) mass is 417 g/mol. The highest BCUT2D eigenvalue weighted by atomic mass is 35.5. The van der Waals surface area contributed by atoms with Gasteiger partial charge in [0.25, 0.3) is 5.56 Å². The first kappa shape index (κ1) is 20.2. The van der Waals surface area contributed by atoms with Crippen molar-refractivity contribution in [1.82, 2.24) is 14.9 Å². The van der Waals surface area contributed by atoms with E-state index in [-0.39, 0.29) is 11.5 Å². The fourth-order valence-corrected chi connectivity index (χ4v) is 3.82. The number of hydrogen-bond acceptors (Lipinski definition) is 5. The third-order valence-corrected chi connectivity index (χ3v) is 5.26. The molecule has 3 aromatic rings. The molecule has 0 atom stereocenters. The molecule has 0 spiro atoms. The van der Waals surface area contributed by atoms with Gasteiger partial charge in [0.15, 0.2) is 5.16 Å². The molecule has 0 fully saturated rings. The number of nitrogens with zero attached hydrogens (tertiary/aromatic N) is 2. The molecule has 0 saturated carbocycles. The maximum Gasteiger partial charge on any atom is 0.266 e. The SMILES string of the molecule is COc1ccc(C)cc1-n1c(SCCNC(C)=O)nc2cc(Cl)ccc2c1=O. The molecule has 0 radical (unpaired) electrons. The van der Waals surface area contributed by atoms with Crippen LogP contribution < -0.4 is 15.6 Å². The molecule has 0 unspecified atom stereocenters. The van der Waals surface area contributed by atoms with Crippen LogP contribution in [0.3, 0.4) is 0 Å². The van der Waals surface area contributed by atoms with Gasteiger partial charge in [0.1, 0.15) is 5.75 Å². The fourth-order valence-electron chi connectivity index (χ4n) is 2.79. The van der Waals surface area contributed by atoms with Crippen molar-refractivity contribution in [2.45, 2.75) is 19.0 Å². The summed E-state index contributed by atoms with van der Waals surface area (Å²) < 4.78 is 7.03. The molecule has 1 aromatic heterocycles. The minimum Gasteiger partial charge on any atom is -0.495 e. The maximum absolute atomic E-state index is 13.3. The van der Waals surface area contributed by atoms with E-state index in [4.69, 9.17) is 16.3 Å². The zero-order chi connectivity index (χ0) is 20.3. The lowest BCUT2D eigenvalue weighted by atomic mass is 10.2. The lowest BCUT2D eigenvalue weighted by Gasteiger charge is -2.16. The second kappa shape index (κ2) is 8.67. The Kier molecular flexibility index (Phi) is 6.26. The molecule has 6 nitrogen and oxygen atoms in total. The number of aryl methyl sites for hydroxylation is 1. The summed E-state index contributed by atoms with van der Waals surface area (Å²) in [5, 5.41) is 4.24. The number of carbonyl (C=O) groups is 1. The highest BCUT2D eigenvalue weighted by Gasteiger charge is 2.17. The normalized spacial score (nSPS) is 10.9. The van der Waals surface area contributed by atoms with E-state index in [1.165, 1.54) is 18.7 Å². The van der Waals surface area contributed by atoms with Crippen LogP contribution in [0, 0.1) is 6.92 Å². The van der Waals surface area contributed by atoms with Crippen molar-refractivity contribution in [1.29, 1.82) is 0 Å². The third kappa shape index (κ3) is 4.31. The number of amides is 1. The van der Waals surface area contributed by atoms with E-state index in [9.17, 15) is 9.59 Å². The minimum absolute atomic E-state index is 0.100. The smallest absolute Gasteiger partial charge is 0.266 e. The molecule has 28 heavy (non-hydrogen) atoms. The van der Waals surface area contributed by atoms with Gasteiger partial charge in [-0.15, -0.1) is 0 Å². The van der Waals surface area contributed by atoms with Crippen molar-refractivity contribution in [3.63, 3.8) is 0 Å². The Bertz CT molecular complexity index is 1100. The van der Waals surface area contributed by atoms with Gasteiger partial charge < -0.3 is 10.1 Å². The molecule has 0 aliphatic heterocycles. The Morgan fingerprint density at radius 1 is 1.29 bits per heavy atom. The summed E-state index contributed by atoms with van der Waals surface area (Å²) in [4.78, 5) is 29.1. The fraction of sp³-hybridized carbons (Fsp3) is 0.250. The van der Waals surface area contributed by atoms with E-state index in [0.717, 1.165) is 5.56 Å². The van der Waals surface area contributed by atoms with Crippen LogP contribution in [0.25, 0.3) is 16.6 Å². The van der Waals surface area contributed by atoms with Crippen molar-refractivity contribution in [2.24, 2.45) is 0 Å². The molecule has 0 bridgehead atoms. The Morgan fingerprint density at radius 2 is 2.07 bits per heavy atom. The van der Waals surface area contributed by atoms with Crippen molar-refractivity contribution >= 4 is 40.2 Å². The minimum atomic E-state index is -0.201. The van der Waals surface area contributed by atoms with Gasteiger partial charge in [-0.1, -0.05) is 29.4 Å². The number of hydrogen-bond donors (Lipinski definition) is 1. The topological polar surface area (TPSA) is 73.2 Å². The molecule has 146 valence electrons. The number of ether oxygens (including phenoxy) is 1. The number of thioether (sulfide) groups is 1. The summed E-state index contributed by atoms with van der Waals surface area (Å²) in [5.41, 5.74) is 1.95. The van der Waals surface area contributed by atoms with Gasteiger partial charge in [-0.2, -0.15) is 0 Å². The van der Waals surface area contributed by atoms with Gasteiger partial charge in [0.2, 0.25) is 5.91 Å². The summed E-state index contributed by atoms with van der Waals surface area (Å²) in [6.45, 7) is 3.88. The largest absolute Gasteiger partial charge is 0.495 e. The number of benzene rings is 2. The van der Waals surface area contributed by atoms with Crippen LogP contribution in [-0.4, -0.2) is 34.9 Å². The molecular weight excluding hydrogens is 398 g/mol. The van der Waals surface area contributed by atoms with E-state index in [1.807, 2.05) is 25.1 Å². The molecule has 1 amide bonds. The average molecular weight is 418 g/mol. The number of rotatable bonds is 6. The lowest BCUT2D eigenvalue weighted by Crippen LogP contribution is -2.24. The summed E-state index contributed by atoms with van der Waals surface area (Å²) in [5.74, 6) is 1.04. The highest BCUT2D eigenvalue weighted by molar-refractivity contribution is 7.99. The molecule has 2 aromatic carbocycles. The van der Waals surface area contributed by atoms with Gasteiger partial charge in [0, 0.05) is 24.2 Å². The van der Waals surface area contributed by atoms with Gasteiger partial charge >= 0.3 is 0 Å². The summed E-state index contributed by atoms with van der Waals surface area (Å²) in [6, 6.07) is 10.7. The van der Waals surface area contributed by atoms with Crippen LogP contribution >= 0.6 is 23.4 Å². The number of halogens is 1.